The topological polar surface area (TPSA) is 38.0 Å². The summed E-state index contributed by atoms with van der Waals surface area (Å²) in [4.78, 5) is 6.84. The molecule has 1 saturated heterocycles. The van der Waals surface area contributed by atoms with E-state index in [2.05, 4.69) is 22.0 Å². The molecule has 1 aliphatic rings. The normalized spacial score (nSPS) is 15.0. The maximum absolute atomic E-state index is 5.84. The second-order valence-electron chi connectivity index (χ2n) is 5.94. The van der Waals surface area contributed by atoms with E-state index in [0.29, 0.717) is 0 Å². The molecule has 2 aromatic carbocycles. The molecule has 1 aromatic heterocycles. The van der Waals surface area contributed by atoms with Crippen LogP contribution in [-0.2, 0) is 4.74 Å². The maximum atomic E-state index is 5.84. The summed E-state index contributed by atoms with van der Waals surface area (Å²) in [7, 11) is 0. The van der Waals surface area contributed by atoms with Crippen LogP contribution in [0.1, 0.15) is 5.76 Å². The van der Waals surface area contributed by atoms with Crippen molar-refractivity contribution < 1.29 is 9.15 Å². The summed E-state index contributed by atoms with van der Waals surface area (Å²) in [5.41, 5.74) is 3.19. The Morgan fingerprint density at radius 1 is 0.840 bits per heavy atom. The Kier molecular flexibility index (Phi) is 4.61. The Hall–Kier alpha value is -2.85. The van der Waals surface area contributed by atoms with Gasteiger partial charge in [-0.05, 0) is 36.4 Å². The van der Waals surface area contributed by atoms with E-state index in [1.807, 2.05) is 54.6 Å². The van der Waals surface area contributed by atoms with Crippen LogP contribution in [0.4, 0.5) is 11.4 Å². The van der Waals surface area contributed by atoms with Gasteiger partial charge in [0.2, 0.25) is 0 Å². The molecule has 0 unspecified atom stereocenters. The number of furan rings is 1. The van der Waals surface area contributed by atoms with Crippen molar-refractivity contribution in [3.8, 4) is 11.3 Å². The Morgan fingerprint density at radius 3 is 2.36 bits per heavy atom. The number of morpholine rings is 1. The van der Waals surface area contributed by atoms with E-state index in [-0.39, 0.29) is 0 Å². The lowest BCUT2D eigenvalue weighted by molar-refractivity contribution is 0.122. The fraction of sp³-hybridized carbons (Fsp3) is 0.190. The van der Waals surface area contributed by atoms with E-state index in [1.54, 1.807) is 6.21 Å². The molecule has 126 valence electrons. The highest BCUT2D eigenvalue weighted by Crippen LogP contribution is 2.23. The first kappa shape index (κ1) is 15.7. The van der Waals surface area contributed by atoms with Crippen LogP contribution >= 0.6 is 0 Å². The van der Waals surface area contributed by atoms with Gasteiger partial charge in [0.1, 0.15) is 11.5 Å². The molecule has 0 N–H and O–H groups in total. The third-order valence-electron chi connectivity index (χ3n) is 4.25. The average Bonchev–Trinajstić information content (AvgIpc) is 3.17. The van der Waals surface area contributed by atoms with E-state index in [4.69, 9.17) is 9.15 Å². The summed E-state index contributed by atoms with van der Waals surface area (Å²) in [6.07, 6.45) is 1.76. The van der Waals surface area contributed by atoms with Crippen LogP contribution in [0.2, 0.25) is 0 Å². The van der Waals surface area contributed by atoms with Crippen LogP contribution in [0.15, 0.2) is 76.1 Å². The predicted octanol–water partition coefficient (Wildman–Crippen LogP) is 4.53. The molecule has 4 rings (SSSR count). The van der Waals surface area contributed by atoms with Crippen LogP contribution in [0.25, 0.3) is 11.3 Å². The summed E-state index contributed by atoms with van der Waals surface area (Å²) in [5.74, 6) is 1.60. The number of ether oxygens (including phenoxy) is 1. The SMILES string of the molecule is C(=Nc1ccc(N2CCOCC2)cc1)c1ccc(-c2ccccc2)o1. The number of nitrogens with zero attached hydrogens (tertiary/aromatic N) is 2. The molecule has 2 heterocycles. The molecule has 0 aliphatic carbocycles. The zero-order chi connectivity index (χ0) is 16.9. The predicted molar refractivity (Wildman–Crippen MR) is 101 cm³/mol. The second kappa shape index (κ2) is 7.36. The highest BCUT2D eigenvalue weighted by Gasteiger charge is 2.10. The van der Waals surface area contributed by atoms with E-state index >= 15 is 0 Å². The van der Waals surface area contributed by atoms with Gasteiger partial charge in [-0.25, -0.2) is 0 Å². The van der Waals surface area contributed by atoms with Crippen LogP contribution in [0.5, 0.6) is 0 Å². The zero-order valence-electron chi connectivity index (χ0n) is 14.0. The Morgan fingerprint density at radius 2 is 1.60 bits per heavy atom. The maximum Gasteiger partial charge on any atom is 0.145 e. The Bertz CT molecular complexity index is 832. The van der Waals surface area contributed by atoms with Gasteiger partial charge in [0.15, 0.2) is 0 Å². The molecular formula is C21H20N2O2. The minimum Gasteiger partial charge on any atom is -0.455 e. The van der Waals surface area contributed by atoms with Crippen molar-refractivity contribution in [2.45, 2.75) is 0 Å². The summed E-state index contributed by atoms with van der Waals surface area (Å²) in [6.45, 7) is 3.47. The minimum atomic E-state index is 0.746. The van der Waals surface area contributed by atoms with E-state index < -0.39 is 0 Å². The molecule has 4 nitrogen and oxygen atoms in total. The quantitative estimate of drug-likeness (QED) is 0.659. The van der Waals surface area contributed by atoms with Crippen LogP contribution in [0.3, 0.4) is 0 Å². The van der Waals surface area contributed by atoms with Gasteiger partial charge < -0.3 is 14.1 Å². The highest BCUT2D eigenvalue weighted by molar-refractivity contribution is 5.80. The van der Waals surface area contributed by atoms with Gasteiger partial charge >= 0.3 is 0 Å². The molecule has 3 aromatic rings. The van der Waals surface area contributed by atoms with Crippen molar-refractivity contribution in [3.63, 3.8) is 0 Å². The largest absolute Gasteiger partial charge is 0.455 e. The van der Waals surface area contributed by atoms with Crippen molar-refractivity contribution in [2.24, 2.45) is 4.99 Å². The van der Waals surface area contributed by atoms with Crippen LogP contribution in [-0.4, -0.2) is 32.5 Å². The van der Waals surface area contributed by atoms with E-state index in [9.17, 15) is 0 Å². The number of anilines is 1. The molecule has 0 amide bonds. The van der Waals surface area contributed by atoms with Crippen LogP contribution < -0.4 is 4.90 Å². The van der Waals surface area contributed by atoms with Gasteiger partial charge in [0, 0.05) is 24.3 Å². The Labute approximate surface area is 147 Å². The molecule has 0 bridgehead atoms. The summed E-state index contributed by atoms with van der Waals surface area (Å²) < 4.78 is 11.2. The molecule has 0 saturated carbocycles. The zero-order valence-corrected chi connectivity index (χ0v) is 14.0. The molecule has 1 fully saturated rings. The molecule has 25 heavy (non-hydrogen) atoms. The number of aliphatic imine (C=N–C) groups is 1. The fourth-order valence-electron chi connectivity index (χ4n) is 2.89. The lowest BCUT2D eigenvalue weighted by Gasteiger charge is -2.28. The van der Waals surface area contributed by atoms with E-state index in [1.165, 1.54) is 5.69 Å². The number of hydrogen-bond donors (Lipinski definition) is 0. The fourth-order valence-corrected chi connectivity index (χ4v) is 2.89. The van der Waals surface area contributed by atoms with Crippen LogP contribution in [0, 0.1) is 0 Å². The first-order chi connectivity index (χ1) is 12.4. The van der Waals surface area contributed by atoms with E-state index in [0.717, 1.165) is 49.1 Å². The molecule has 0 spiro atoms. The third kappa shape index (κ3) is 3.80. The highest BCUT2D eigenvalue weighted by atomic mass is 16.5. The first-order valence-corrected chi connectivity index (χ1v) is 8.50. The van der Waals surface area contributed by atoms with Crippen molar-refractivity contribution >= 4 is 17.6 Å². The molecule has 4 heteroatoms. The van der Waals surface area contributed by atoms with Crippen molar-refractivity contribution in [1.82, 2.24) is 0 Å². The first-order valence-electron chi connectivity index (χ1n) is 8.50. The molecule has 0 radical (unpaired) electrons. The standard InChI is InChI=1S/C21H20N2O2/c1-2-4-17(5-3-1)21-11-10-20(25-21)16-22-18-6-8-19(9-7-18)23-12-14-24-15-13-23/h1-11,16H,12-15H2. The number of rotatable bonds is 4. The van der Waals surface area contributed by atoms with Gasteiger partial charge in [-0.2, -0.15) is 0 Å². The third-order valence-corrected chi connectivity index (χ3v) is 4.25. The van der Waals surface area contributed by atoms with Crippen molar-refractivity contribution in [2.75, 3.05) is 31.2 Å². The van der Waals surface area contributed by atoms with Gasteiger partial charge in [-0.15, -0.1) is 0 Å². The van der Waals surface area contributed by atoms with Gasteiger partial charge in [-0.3, -0.25) is 4.99 Å². The number of benzene rings is 2. The Balaban J connectivity index is 1.44. The average molecular weight is 332 g/mol. The monoisotopic (exact) mass is 332 g/mol. The molecular weight excluding hydrogens is 312 g/mol. The van der Waals surface area contributed by atoms with Gasteiger partial charge in [0.05, 0.1) is 25.1 Å². The lowest BCUT2D eigenvalue weighted by Crippen LogP contribution is -2.36. The van der Waals surface area contributed by atoms with Crippen molar-refractivity contribution in [1.29, 1.82) is 0 Å². The summed E-state index contributed by atoms with van der Waals surface area (Å²) in [6, 6.07) is 22.2. The van der Waals surface area contributed by atoms with Gasteiger partial charge in [-0.1, -0.05) is 30.3 Å². The summed E-state index contributed by atoms with van der Waals surface area (Å²) in [5, 5.41) is 0. The lowest BCUT2D eigenvalue weighted by atomic mass is 10.2. The minimum absolute atomic E-state index is 0.746. The molecule has 1 aliphatic heterocycles. The second-order valence-corrected chi connectivity index (χ2v) is 5.94. The summed E-state index contributed by atoms with van der Waals surface area (Å²) >= 11 is 0. The number of hydrogen-bond acceptors (Lipinski definition) is 4. The smallest absolute Gasteiger partial charge is 0.145 e. The van der Waals surface area contributed by atoms with Gasteiger partial charge in [0.25, 0.3) is 0 Å². The van der Waals surface area contributed by atoms with Crippen molar-refractivity contribution in [3.05, 3.63) is 72.5 Å². The molecule has 0 atom stereocenters.